The molecular formula is C30H43Cl2N3O4. The maximum absolute atomic E-state index is 12.8. The van der Waals surface area contributed by atoms with E-state index in [-0.39, 0.29) is 24.8 Å². The second-order valence-corrected chi connectivity index (χ2v) is 10.5. The minimum atomic E-state index is -0.868. The highest BCUT2D eigenvalue weighted by Crippen LogP contribution is 2.21. The zero-order valence-corrected chi connectivity index (χ0v) is 24.9. The molecule has 0 unspecified atom stereocenters. The third-order valence-corrected chi connectivity index (χ3v) is 6.65. The van der Waals surface area contributed by atoms with Crippen molar-refractivity contribution in [3.05, 3.63) is 63.6 Å². The second kappa shape index (κ2) is 18.1. The van der Waals surface area contributed by atoms with Crippen LogP contribution in [0.3, 0.4) is 0 Å². The van der Waals surface area contributed by atoms with E-state index in [1.54, 1.807) is 18.2 Å². The Kier molecular flexibility index (Phi) is 15.3. The summed E-state index contributed by atoms with van der Waals surface area (Å²) in [5.41, 5.74) is 1.84. The SMILES string of the molecule is CCCN(CCC)C(=O)CCCC(=O)N[C@@H](Cc1cc(Cl)cc(Cl)c1)[C@H](O)CNCc1cccc(OCC)c1. The van der Waals surface area contributed by atoms with Gasteiger partial charge in [-0.3, -0.25) is 9.59 Å². The van der Waals surface area contributed by atoms with Crippen LogP contribution in [-0.2, 0) is 22.6 Å². The molecule has 3 N–H and O–H groups in total. The van der Waals surface area contributed by atoms with E-state index in [1.807, 2.05) is 36.1 Å². The van der Waals surface area contributed by atoms with Gasteiger partial charge >= 0.3 is 0 Å². The summed E-state index contributed by atoms with van der Waals surface area (Å²) in [5, 5.41) is 18.3. The molecule has 0 heterocycles. The number of hydrogen-bond donors (Lipinski definition) is 3. The molecule has 0 saturated carbocycles. The molecule has 2 rings (SSSR count). The van der Waals surface area contributed by atoms with E-state index >= 15 is 0 Å². The third kappa shape index (κ3) is 12.6. The second-order valence-electron chi connectivity index (χ2n) is 9.67. The summed E-state index contributed by atoms with van der Waals surface area (Å²) in [6.07, 6.45) is 2.29. The van der Waals surface area contributed by atoms with Crippen LogP contribution in [0, 0.1) is 0 Å². The fourth-order valence-corrected chi connectivity index (χ4v) is 4.99. The minimum Gasteiger partial charge on any atom is -0.494 e. The van der Waals surface area contributed by atoms with Gasteiger partial charge in [-0.2, -0.15) is 0 Å². The number of halogens is 2. The predicted octanol–water partition coefficient (Wildman–Crippen LogP) is 5.39. The number of nitrogens with zero attached hydrogens (tertiary/aromatic N) is 1. The molecule has 2 aromatic rings. The fraction of sp³-hybridized carbons (Fsp3) is 0.533. The van der Waals surface area contributed by atoms with Crippen molar-refractivity contribution < 1.29 is 19.4 Å². The summed E-state index contributed by atoms with van der Waals surface area (Å²) in [7, 11) is 0. The highest BCUT2D eigenvalue weighted by Gasteiger charge is 2.22. The maximum Gasteiger partial charge on any atom is 0.222 e. The highest BCUT2D eigenvalue weighted by molar-refractivity contribution is 6.34. The first kappa shape index (κ1) is 32.9. The Morgan fingerprint density at radius 2 is 1.67 bits per heavy atom. The zero-order chi connectivity index (χ0) is 28.6. The summed E-state index contributed by atoms with van der Waals surface area (Å²) in [4.78, 5) is 27.3. The molecule has 7 nitrogen and oxygen atoms in total. The Balaban J connectivity index is 1.98. The first-order chi connectivity index (χ1) is 18.7. The molecule has 39 heavy (non-hydrogen) atoms. The maximum atomic E-state index is 12.8. The summed E-state index contributed by atoms with van der Waals surface area (Å²) in [6, 6.07) is 12.4. The quantitative estimate of drug-likeness (QED) is 0.220. The number of ether oxygens (including phenoxy) is 1. The predicted molar refractivity (Wildman–Crippen MR) is 158 cm³/mol. The van der Waals surface area contributed by atoms with Gasteiger partial charge in [0.2, 0.25) is 11.8 Å². The summed E-state index contributed by atoms with van der Waals surface area (Å²) in [6.45, 7) is 8.90. The van der Waals surface area contributed by atoms with Crippen LogP contribution in [0.15, 0.2) is 42.5 Å². The highest BCUT2D eigenvalue weighted by atomic mass is 35.5. The minimum absolute atomic E-state index is 0.0780. The molecule has 0 radical (unpaired) electrons. The number of aliphatic hydroxyl groups is 1. The van der Waals surface area contributed by atoms with Gasteiger partial charge in [-0.15, -0.1) is 0 Å². The van der Waals surface area contributed by atoms with Crippen LogP contribution in [0.1, 0.15) is 64.0 Å². The Morgan fingerprint density at radius 1 is 0.974 bits per heavy atom. The van der Waals surface area contributed by atoms with Crippen LogP contribution >= 0.6 is 23.2 Å². The van der Waals surface area contributed by atoms with Crippen molar-refractivity contribution in [1.29, 1.82) is 0 Å². The van der Waals surface area contributed by atoms with E-state index < -0.39 is 12.1 Å². The van der Waals surface area contributed by atoms with E-state index in [0.29, 0.717) is 42.5 Å². The summed E-state index contributed by atoms with van der Waals surface area (Å²) in [5.74, 6) is 0.669. The molecule has 0 bridgehead atoms. The van der Waals surface area contributed by atoms with Crippen molar-refractivity contribution in [2.75, 3.05) is 26.2 Å². The van der Waals surface area contributed by atoms with Gasteiger partial charge in [0.05, 0.1) is 18.8 Å². The van der Waals surface area contributed by atoms with Crippen LogP contribution in [0.5, 0.6) is 5.75 Å². The van der Waals surface area contributed by atoms with Gasteiger partial charge in [0, 0.05) is 49.1 Å². The molecule has 0 aliphatic rings. The van der Waals surface area contributed by atoms with E-state index in [4.69, 9.17) is 27.9 Å². The molecule has 216 valence electrons. The number of hydrogen-bond acceptors (Lipinski definition) is 5. The summed E-state index contributed by atoms with van der Waals surface area (Å²) >= 11 is 12.4. The normalized spacial score (nSPS) is 12.6. The molecule has 2 aromatic carbocycles. The van der Waals surface area contributed by atoms with Gasteiger partial charge in [0.1, 0.15) is 5.75 Å². The fourth-order valence-electron chi connectivity index (χ4n) is 4.42. The Labute approximate surface area is 243 Å². The number of carbonyl (C=O) groups excluding carboxylic acids is 2. The van der Waals surface area contributed by atoms with Crippen LogP contribution in [0.25, 0.3) is 0 Å². The lowest BCUT2D eigenvalue weighted by atomic mass is 10.0. The molecule has 0 aliphatic carbocycles. The number of benzene rings is 2. The van der Waals surface area contributed by atoms with Crippen LogP contribution in [0.2, 0.25) is 10.0 Å². The lowest BCUT2D eigenvalue weighted by Gasteiger charge is -2.25. The number of aliphatic hydroxyl groups excluding tert-OH is 1. The van der Waals surface area contributed by atoms with Crippen LogP contribution in [-0.4, -0.2) is 60.2 Å². The Bertz CT molecular complexity index is 1010. The number of rotatable bonds is 18. The third-order valence-electron chi connectivity index (χ3n) is 6.22. The number of carbonyl (C=O) groups is 2. The van der Waals surface area contributed by atoms with Crippen molar-refractivity contribution in [2.45, 2.75) is 78.0 Å². The van der Waals surface area contributed by atoms with Crippen LogP contribution in [0.4, 0.5) is 0 Å². The first-order valence-electron chi connectivity index (χ1n) is 13.9. The standard InChI is InChI=1S/C30H43Cl2N3O4/c1-4-13-35(14-5-2)30(38)12-8-11-29(37)34-27(18-23-15-24(31)19-25(32)16-23)28(36)21-33-20-22-9-7-10-26(17-22)39-6-3/h7,9-10,15-17,19,27-28,33,36H,4-6,8,11-14,18,20-21H2,1-3H3,(H,34,37)/t27-,28+/m0/s1. The Morgan fingerprint density at radius 3 is 2.31 bits per heavy atom. The monoisotopic (exact) mass is 579 g/mol. The van der Waals surface area contributed by atoms with Crippen molar-refractivity contribution >= 4 is 35.0 Å². The zero-order valence-electron chi connectivity index (χ0n) is 23.3. The average Bonchev–Trinajstić information content (AvgIpc) is 2.88. The number of amides is 2. The average molecular weight is 581 g/mol. The van der Waals surface area contributed by atoms with Gasteiger partial charge in [0.25, 0.3) is 0 Å². The molecule has 2 atom stereocenters. The van der Waals surface area contributed by atoms with Crippen molar-refractivity contribution in [3.63, 3.8) is 0 Å². The van der Waals surface area contributed by atoms with Crippen LogP contribution < -0.4 is 15.4 Å². The van der Waals surface area contributed by atoms with Gasteiger partial charge in [-0.05, 0) is 74.1 Å². The molecule has 2 amide bonds. The van der Waals surface area contributed by atoms with E-state index in [2.05, 4.69) is 24.5 Å². The van der Waals surface area contributed by atoms with E-state index in [0.717, 1.165) is 42.8 Å². The van der Waals surface area contributed by atoms with Crippen molar-refractivity contribution in [3.8, 4) is 5.75 Å². The smallest absolute Gasteiger partial charge is 0.222 e. The first-order valence-corrected chi connectivity index (χ1v) is 14.6. The number of nitrogens with one attached hydrogen (secondary N) is 2. The van der Waals surface area contributed by atoms with E-state index in [1.165, 1.54) is 0 Å². The lowest BCUT2D eigenvalue weighted by Crippen LogP contribution is -2.48. The van der Waals surface area contributed by atoms with E-state index in [9.17, 15) is 14.7 Å². The molecular weight excluding hydrogens is 537 g/mol. The summed E-state index contributed by atoms with van der Waals surface area (Å²) < 4.78 is 5.56. The van der Waals surface area contributed by atoms with Gasteiger partial charge < -0.3 is 25.4 Å². The molecule has 0 aliphatic heterocycles. The van der Waals surface area contributed by atoms with Gasteiger partial charge in [-0.1, -0.05) is 49.2 Å². The topological polar surface area (TPSA) is 90.9 Å². The molecule has 0 saturated heterocycles. The molecule has 0 spiro atoms. The van der Waals surface area contributed by atoms with Gasteiger partial charge in [-0.25, -0.2) is 0 Å². The lowest BCUT2D eigenvalue weighted by molar-refractivity contribution is -0.131. The Hall–Kier alpha value is -2.32. The van der Waals surface area contributed by atoms with Crippen molar-refractivity contribution in [2.24, 2.45) is 0 Å². The van der Waals surface area contributed by atoms with Gasteiger partial charge in [0.15, 0.2) is 0 Å². The molecule has 0 fully saturated rings. The molecule has 9 heteroatoms. The molecule has 0 aromatic heterocycles. The largest absolute Gasteiger partial charge is 0.494 e. The van der Waals surface area contributed by atoms with Crippen molar-refractivity contribution in [1.82, 2.24) is 15.5 Å².